The number of hydrogen-bond donors (Lipinski definition) is 6. The Bertz CT molecular complexity index is 2000. The Balaban J connectivity index is 1.63. The highest BCUT2D eigenvalue weighted by Gasteiger charge is 2.61. The zero-order valence-electron chi connectivity index (χ0n) is 37.5. The Morgan fingerprint density at radius 1 is 1.11 bits per heavy atom. The minimum atomic E-state index is -2.10. The second kappa shape index (κ2) is 23.1. The number of carbonyl (C=O) groups is 2. The van der Waals surface area contributed by atoms with Crippen molar-refractivity contribution in [2.45, 2.75) is 142 Å². The van der Waals surface area contributed by atoms with Crippen LogP contribution in [0.15, 0.2) is 35.1 Å². The molecule has 6 N–H and O–H groups in total. The van der Waals surface area contributed by atoms with Gasteiger partial charge in [-0.25, -0.2) is 4.79 Å². The lowest BCUT2D eigenvalue weighted by Gasteiger charge is -2.54. The molecule has 2 aliphatic carbocycles. The summed E-state index contributed by atoms with van der Waals surface area (Å²) in [7, 11) is 0.654. The normalized spacial score (nSPS) is 37.9. The van der Waals surface area contributed by atoms with Crippen LogP contribution in [-0.4, -0.2) is 180 Å². The SMILES string of the molecule is COC(=O)NC1=C2C(=CCS(C)(=S)=S)C(O)(C#CC=CC#CC2OC2OC(C)C(SC)(C(CO)OC3CC(O)C(SC)C(C)O3)C(O)C2OC2CC(OC)C(NC(C)C)CO2)CC1=O. The van der Waals surface area contributed by atoms with Crippen LogP contribution < -0.4 is 10.6 Å². The number of carbonyl (C=O) groups excluding carboxylic acids is 2. The number of hydrogen-bond acceptors (Lipinski definition) is 19. The van der Waals surface area contributed by atoms with Gasteiger partial charge in [0.15, 0.2) is 30.3 Å². The Labute approximate surface area is 394 Å². The Kier molecular flexibility index (Phi) is 19.2. The largest absolute Gasteiger partial charge is 0.453 e. The zero-order valence-corrected chi connectivity index (χ0v) is 41.6. The summed E-state index contributed by atoms with van der Waals surface area (Å²) in [5.41, 5.74) is -2.35. The van der Waals surface area contributed by atoms with Crippen molar-refractivity contribution in [3.05, 3.63) is 35.1 Å². The number of ether oxygens (including phenoxy) is 8. The third-order valence-electron chi connectivity index (χ3n) is 11.7. The molecule has 0 spiro atoms. The molecular weight excluding hydrogens is 929 g/mol. The standard InChI is InChI=1S/C43H62N2O14S5/c1-23(2)44-27-22-54-33(19-31(27)52-5)59-37-39(49)43(63-8,32(21-46)58-34-18-28(47)38(62-7)24(3)55-34)25(4)56-40(37)57-30-14-12-10-11-13-16-42(51)20-29(48)36(45-41(50)53-6)35(30)26(42)15-17-64(9,60)61/h10-11,15,23-25,27-28,30-34,37-40,44,46-47,49,51H,17-22H2,1-9H3,(H,45,50). The molecule has 0 aromatic rings. The molecule has 0 aromatic heterocycles. The average Bonchev–Trinajstić information content (AvgIpc) is 3.22. The second-order valence-corrected chi connectivity index (χ2v) is 25.9. The molecule has 0 radical (unpaired) electrons. The molecule has 15 unspecified atom stereocenters. The van der Waals surface area contributed by atoms with Crippen LogP contribution in [0.5, 0.6) is 0 Å². The van der Waals surface area contributed by atoms with Gasteiger partial charge in [0, 0.05) is 42.9 Å². The van der Waals surface area contributed by atoms with Crippen molar-refractivity contribution in [2.75, 3.05) is 52.0 Å². The van der Waals surface area contributed by atoms with E-state index in [9.17, 15) is 30.0 Å². The summed E-state index contributed by atoms with van der Waals surface area (Å²) in [6.07, 6.45) is -2.94. The fourth-order valence-corrected chi connectivity index (χ4v) is 11.6. The van der Waals surface area contributed by atoms with Crippen LogP contribution in [0.2, 0.25) is 0 Å². The summed E-state index contributed by atoms with van der Waals surface area (Å²) in [5, 5.41) is 52.9. The number of amides is 1. The number of fused-ring (bicyclic) bond motifs is 2. The number of nitrogens with one attached hydrogen (secondary N) is 2. The Hall–Kier alpha value is -1.71. The first-order valence-corrected chi connectivity index (χ1v) is 27.5. The van der Waals surface area contributed by atoms with Gasteiger partial charge in [-0.2, -0.15) is 23.5 Å². The summed E-state index contributed by atoms with van der Waals surface area (Å²) < 4.78 is 48.4. The minimum Gasteiger partial charge on any atom is -0.453 e. The van der Waals surface area contributed by atoms with Crippen molar-refractivity contribution in [1.82, 2.24) is 10.6 Å². The number of aliphatic hydroxyl groups is 4. The lowest BCUT2D eigenvalue weighted by atomic mass is 9.75. The highest BCUT2D eigenvalue weighted by Crippen LogP contribution is 2.47. The first-order chi connectivity index (χ1) is 30.2. The fourth-order valence-electron chi connectivity index (χ4n) is 8.72. The summed E-state index contributed by atoms with van der Waals surface area (Å²) >= 11 is 13.8. The molecule has 64 heavy (non-hydrogen) atoms. The van der Waals surface area contributed by atoms with Crippen molar-refractivity contribution in [2.24, 2.45) is 0 Å². The lowest BCUT2D eigenvalue weighted by molar-refractivity contribution is -0.338. The number of allylic oxidation sites excluding steroid dienone is 3. The molecule has 3 heterocycles. The van der Waals surface area contributed by atoms with E-state index in [0.717, 1.165) is 7.11 Å². The predicted octanol–water partition coefficient (Wildman–Crippen LogP) is 1.22. The molecule has 15 atom stereocenters. The van der Waals surface area contributed by atoms with Gasteiger partial charge in [-0.05, 0) is 67.1 Å². The number of rotatable bonds is 16. The number of methoxy groups -OCH3 is 2. The van der Waals surface area contributed by atoms with Crippen molar-refractivity contribution in [1.29, 1.82) is 0 Å². The minimum absolute atomic E-state index is 0.0562. The quantitative estimate of drug-likeness (QED) is 0.120. The van der Waals surface area contributed by atoms with Crippen molar-refractivity contribution < 1.29 is 67.9 Å². The van der Waals surface area contributed by atoms with Crippen LogP contribution in [0.3, 0.4) is 0 Å². The first-order valence-electron chi connectivity index (χ1n) is 20.9. The van der Waals surface area contributed by atoms with E-state index in [1.807, 2.05) is 27.0 Å². The van der Waals surface area contributed by atoms with Gasteiger partial charge in [0.25, 0.3) is 0 Å². The molecule has 5 aliphatic rings. The van der Waals surface area contributed by atoms with Crippen LogP contribution in [0.25, 0.3) is 0 Å². The second-order valence-electron chi connectivity index (χ2n) is 16.5. The van der Waals surface area contributed by atoms with Gasteiger partial charge < -0.3 is 63.6 Å². The molecule has 21 heteroatoms. The topological polar surface area (TPSA) is 213 Å². The van der Waals surface area contributed by atoms with E-state index in [1.54, 1.807) is 32.6 Å². The summed E-state index contributed by atoms with van der Waals surface area (Å²) in [6.45, 7) is 7.15. The van der Waals surface area contributed by atoms with Crippen LogP contribution in [0.4, 0.5) is 4.79 Å². The van der Waals surface area contributed by atoms with E-state index in [0.29, 0.717) is 0 Å². The Morgan fingerprint density at radius 3 is 2.44 bits per heavy atom. The third kappa shape index (κ3) is 12.3. The van der Waals surface area contributed by atoms with Crippen LogP contribution in [-0.2, 0) is 72.2 Å². The number of aliphatic hydroxyl groups excluding tert-OH is 3. The van der Waals surface area contributed by atoms with Crippen LogP contribution >= 0.6 is 23.5 Å². The zero-order chi connectivity index (χ0) is 47.1. The van der Waals surface area contributed by atoms with Crippen molar-refractivity contribution in [3.8, 4) is 23.7 Å². The first kappa shape index (κ1) is 53.2. The molecule has 5 rings (SSSR count). The van der Waals surface area contributed by atoms with Gasteiger partial charge in [0.1, 0.15) is 24.4 Å². The molecule has 16 nitrogen and oxygen atoms in total. The smallest absolute Gasteiger partial charge is 0.411 e. The lowest BCUT2D eigenvalue weighted by Crippen LogP contribution is -2.71. The van der Waals surface area contributed by atoms with E-state index in [1.165, 1.54) is 35.7 Å². The van der Waals surface area contributed by atoms with Crippen LogP contribution in [0.1, 0.15) is 47.0 Å². The van der Waals surface area contributed by atoms with E-state index in [-0.39, 0.29) is 71.6 Å². The summed E-state index contributed by atoms with van der Waals surface area (Å²) in [4.78, 5) is 26.9. The van der Waals surface area contributed by atoms with E-state index in [4.69, 9.17) is 60.3 Å². The molecule has 0 saturated carbocycles. The van der Waals surface area contributed by atoms with Crippen LogP contribution in [0, 0.1) is 23.7 Å². The van der Waals surface area contributed by atoms with E-state index >= 15 is 0 Å². The molecular formula is C43H62N2O14S5. The molecule has 1 amide bonds. The molecule has 3 fully saturated rings. The molecule has 2 bridgehead atoms. The Morgan fingerprint density at radius 2 is 1.83 bits per heavy atom. The van der Waals surface area contributed by atoms with Gasteiger partial charge in [-0.3, -0.25) is 10.1 Å². The highest BCUT2D eigenvalue weighted by molar-refractivity contribution is 8.56. The van der Waals surface area contributed by atoms with Gasteiger partial charge in [-0.1, -0.05) is 50.8 Å². The molecule has 3 aliphatic heterocycles. The number of thioether (sulfide) groups is 2. The number of alkyl carbamates (subject to hydrolysis) is 1. The molecule has 358 valence electrons. The molecule has 0 aromatic carbocycles. The third-order valence-corrected chi connectivity index (χ3v) is 16.1. The average molecular weight is 991 g/mol. The monoisotopic (exact) mass is 990 g/mol. The molecule has 3 saturated heterocycles. The highest BCUT2D eigenvalue weighted by atomic mass is 33.1. The maximum atomic E-state index is 14.0. The van der Waals surface area contributed by atoms with Gasteiger partial charge in [0.05, 0.1) is 72.9 Å². The van der Waals surface area contributed by atoms with E-state index in [2.05, 4.69) is 34.3 Å². The van der Waals surface area contributed by atoms with Gasteiger partial charge in [-0.15, -0.1) is 0 Å². The van der Waals surface area contributed by atoms with Gasteiger partial charge >= 0.3 is 6.09 Å². The maximum Gasteiger partial charge on any atom is 0.411 e. The predicted molar refractivity (Wildman–Crippen MR) is 251 cm³/mol. The van der Waals surface area contributed by atoms with Crippen molar-refractivity contribution in [3.63, 3.8) is 0 Å². The maximum absolute atomic E-state index is 14.0. The number of Topliss-reactive ketones (excluding diaryl/α,β-unsaturated/α-hetero) is 1. The van der Waals surface area contributed by atoms with Gasteiger partial charge in [0.2, 0.25) is 0 Å². The van der Waals surface area contributed by atoms with Crippen molar-refractivity contribution >= 4 is 64.9 Å². The summed E-state index contributed by atoms with van der Waals surface area (Å²) in [5.74, 6) is 10.8. The van der Waals surface area contributed by atoms with E-state index < -0.39 is 97.9 Å². The fraction of sp³-hybridized carbons (Fsp3) is 0.721. The number of ketones is 1. The summed E-state index contributed by atoms with van der Waals surface area (Å²) in [6, 6.07) is -0.0506.